The van der Waals surface area contributed by atoms with E-state index >= 15 is 0 Å². The van der Waals surface area contributed by atoms with E-state index in [9.17, 15) is 16.8 Å². The van der Waals surface area contributed by atoms with Crippen LogP contribution in [0.2, 0.25) is 0 Å². The highest BCUT2D eigenvalue weighted by Crippen LogP contribution is 2.14. The van der Waals surface area contributed by atoms with Gasteiger partial charge < -0.3 is 5.73 Å². The van der Waals surface area contributed by atoms with Crippen LogP contribution < -0.4 is 10.5 Å². The Labute approximate surface area is 120 Å². The fourth-order valence-electron chi connectivity index (χ4n) is 1.39. The summed E-state index contributed by atoms with van der Waals surface area (Å²) >= 11 is 0. The molecule has 20 heavy (non-hydrogen) atoms. The number of sulfone groups is 1. The smallest absolute Gasteiger partial charge is 0.240 e. The molecule has 0 amide bonds. The maximum absolute atomic E-state index is 12.0. The van der Waals surface area contributed by atoms with Gasteiger partial charge in [0.1, 0.15) is 0 Å². The Balaban J connectivity index is 2.89. The van der Waals surface area contributed by atoms with E-state index in [1.807, 2.05) is 13.8 Å². The topological polar surface area (TPSA) is 106 Å². The Bertz CT molecular complexity index is 649. The molecule has 0 saturated carbocycles. The molecule has 3 N–H and O–H groups in total. The van der Waals surface area contributed by atoms with E-state index in [2.05, 4.69) is 4.72 Å². The first-order valence-electron chi connectivity index (χ1n) is 6.09. The molecular formula is C12H20N2O4S2. The van der Waals surface area contributed by atoms with E-state index in [0.717, 1.165) is 6.26 Å². The molecule has 1 aromatic carbocycles. The molecule has 8 heteroatoms. The summed E-state index contributed by atoms with van der Waals surface area (Å²) in [5, 5.41) is 0. The monoisotopic (exact) mass is 320 g/mol. The summed E-state index contributed by atoms with van der Waals surface area (Å²) in [6.45, 7) is 3.94. The van der Waals surface area contributed by atoms with E-state index in [4.69, 9.17) is 5.73 Å². The Hall–Kier alpha value is -0.960. The van der Waals surface area contributed by atoms with E-state index in [1.54, 1.807) is 0 Å². The first kappa shape index (κ1) is 17.1. The number of hydrogen-bond donors (Lipinski definition) is 2. The van der Waals surface area contributed by atoms with Gasteiger partial charge in [0.2, 0.25) is 10.0 Å². The maximum atomic E-state index is 12.0. The van der Waals surface area contributed by atoms with E-state index in [0.29, 0.717) is 0 Å². The van der Waals surface area contributed by atoms with Gasteiger partial charge in [-0.3, -0.25) is 0 Å². The van der Waals surface area contributed by atoms with Gasteiger partial charge in [0.25, 0.3) is 0 Å². The molecular weight excluding hydrogens is 300 g/mol. The molecule has 0 aliphatic carbocycles. The van der Waals surface area contributed by atoms with E-state index in [-0.39, 0.29) is 28.3 Å². The number of nitrogens with two attached hydrogens (primary N) is 1. The van der Waals surface area contributed by atoms with Gasteiger partial charge in [-0.1, -0.05) is 13.8 Å². The van der Waals surface area contributed by atoms with Crippen molar-refractivity contribution in [3.05, 3.63) is 24.3 Å². The summed E-state index contributed by atoms with van der Waals surface area (Å²) in [7, 11) is -7.01. The van der Waals surface area contributed by atoms with Gasteiger partial charge in [-0.05, 0) is 30.2 Å². The van der Waals surface area contributed by atoms with Crippen LogP contribution in [-0.2, 0) is 19.9 Å². The molecule has 114 valence electrons. The zero-order chi connectivity index (χ0) is 15.6. The van der Waals surface area contributed by atoms with Crippen molar-refractivity contribution in [3.63, 3.8) is 0 Å². The van der Waals surface area contributed by atoms with Gasteiger partial charge in [-0.15, -0.1) is 0 Å². The molecule has 1 aromatic rings. The molecule has 0 aliphatic rings. The fraction of sp³-hybridized carbons (Fsp3) is 0.500. The Morgan fingerprint density at radius 3 is 1.90 bits per heavy atom. The average Bonchev–Trinajstić information content (AvgIpc) is 2.35. The van der Waals surface area contributed by atoms with Gasteiger partial charge in [-0.2, -0.15) is 0 Å². The quantitative estimate of drug-likeness (QED) is 0.786. The number of rotatable bonds is 6. The standard InChI is InChI=1S/C12H20N2O4S2/c1-9(2)12(13)8-14-20(17,18)11-6-4-10(5-7-11)19(3,15)16/h4-7,9,12,14H,8,13H2,1-3H3. The minimum atomic E-state index is -3.68. The van der Waals surface area contributed by atoms with Crippen molar-refractivity contribution in [1.29, 1.82) is 0 Å². The first-order chi connectivity index (χ1) is 9.04. The third-order valence-corrected chi connectivity index (χ3v) is 5.50. The normalized spacial score (nSPS) is 14.4. The van der Waals surface area contributed by atoms with Gasteiger partial charge >= 0.3 is 0 Å². The Kier molecular flexibility index (Phi) is 5.31. The first-order valence-corrected chi connectivity index (χ1v) is 9.47. The van der Waals surface area contributed by atoms with Crippen molar-refractivity contribution in [2.75, 3.05) is 12.8 Å². The van der Waals surface area contributed by atoms with Crippen LogP contribution in [-0.4, -0.2) is 35.7 Å². The zero-order valence-corrected chi connectivity index (χ0v) is 13.3. The van der Waals surface area contributed by atoms with Crippen LogP contribution >= 0.6 is 0 Å². The lowest BCUT2D eigenvalue weighted by molar-refractivity contribution is 0.481. The summed E-state index contributed by atoms with van der Waals surface area (Å²) in [4.78, 5) is 0.0937. The highest BCUT2D eigenvalue weighted by molar-refractivity contribution is 7.90. The third kappa shape index (κ3) is 4.55. The summed E-state index contributed by atoms with van der Waals surface area (Å²) in [6.07, 6.45) is 1.07. The second-order valence-corrected chi connectivity index (χ2v) is 8.79. The molecule has 0 spiro atoms. The summed E-state index contributed by atoms with van der Waals surface area (Å²) in [5.41, 5.74) is 5.78. The van der Waals surface area contributed by atoms with Gasteiger partial charge in [-0.25, -0.2) is 21.6 Å². The molecule has 0 saturated heterocycles. The Morgan fingerprint density at radius 2 is 1.50 bits per heavy atom. The fourth-order valence-corrected chi connectivity index (χ4v) is 3.09. The lowest BCUT2D eigenvalue weighted by Crippen LogP contribution is -2.40. The Morgan fingerprint density at radius 1 is 1.05 bits per heavy atom. The van der Waals surface area contributed by atoms with Crippen molar-refractivity contribution < 1.29 is 16.8 Å². The van der Waals surface area contributed by atoms with E-state index < -0.39 is 19.9 Å². The summed E-state index contributed by atoms with van der Waals surface area (Å²) in [5.74, 6) is 0.158. The van der Waals surface area contributed by atoms with Crippen molar-refractivity contribution in [2.24, 2.45) is 11.7 Å². The predicted molar refractivity (Wildman–Crippen MR) is 77.6 cm³/mol. The molecule has 0 bridgehead atoms. The van der Waals surface area contributed by atoms with Crippen LogP contribution in [0.5, 0.6) is 0 Å². The highest BCUT2D eigenvalue weighted by atomic mass is 32.2. The lowest BCUT2D eigenvalue weighted by atomic mass is 10.1. The van der Waals surface area contributed by atoms with Gasteiger partial charge in [0.05, 0.1) is 9.79 Å². The molecule has 1 unspecified atom stereocenters. The minimum Gasteiger partial charge on any atom is -0.326 e. The van der Waals surface area contributed by atoms with Crippen molar-refractivity contribution in [1.82, 2.24) is 4.72 Å². The van der Waals surface area contributed by atoms with Crippen molar-refractivity contribution >= 4 is 19.9 Å². The number of nitrogens with one attached hydrogen (secondary N) is 1. The number of sulfonamides is 1. The highest BCUT2D eigenvalue weighted by Gasteiger charge is 2.17. The molecule has 0 radical (unpaired) electrons. The second kappa shape index (κ2) is 6.21. The minimum absolute atomic E-state index is 0.0147. The molecule has 6 nitrogen and oxygen atoms in total. The lowest BCUT2D eigenvalue weighted by Gasteiger charge is -2.16. The largest absolute Gasteiger partial charge is 0.326 e. The van der Waals surface area contributed by atoms with Crippen molar-refractivity contribution in [3.8, 4) is 0 Å². The van der Waals surface area contributed by atoms with Crippen LogP contribution in [0.1, 0.15) is 13.8 Å². The van der Waals surface area contributed by atoms with Crippen LogP contribution in [0, 0.1) is 5.92 Å². The van der Waals surface area contributed by atoms with Crippen LogP contribution in [0.4, 0.5) is 0 Å². The van der Waals surface area contributed by atoms with Crippen LogP contribution in [0.25, 0.3) is 0 Å². The van der Waals surface area contributed by atoms with Crippen LogP contribution in [0.3, 0.4) is 0 Å². The second-order valence-electron chi connectivity index (χ2n) is 5.00. The van der Waals surface area contributed by atoms with Crippen molar-refractivity contribution in [2.45, 2.75) is 29.7 Å². The zero-order valence-electron chi connectivity index (χ0n) is 11.7. The molecule has 0 heterocycles. The molecule has 0 fully saturated rings. The summed E-state index contributed by atoms with van der Waals surface area (Å²) in [6, 6.07) is 4.79. The third-order valence-electron chi connectivity index (χ3n) is 2.93. The van der Waals surface area contributed by atoms with Crippen LogP contribution in [0.15, 0.2) is 34.1 Å². The number of hydrogen-bond acceptors (Lipinski definition) is 5. The average molecular weight is 320 g/mol. The summed E-state index contributed by atoms with van der Waals surface area (Å²) < 4.78 is 49.0. The SMILES string of the molecule is CC(C)C(N)CNS(=O)(=O)c1ccc(S(C)(=O)=O)cc1. The van der Waals surface area contributed by atoms with Gasteiger partial charge in [0.15, 0.2) is 9.84 Å². The maximum Gasteiger partial charge on any atom is 0.240 e. The van der Waals surface area contributed by atoms with E-state index in [1.165, 1.54) is 24.3 Å². The molecule has 0 aliphatic heterocycles. The predicted octanol–water partition coefficient (Wildman–Crippen LogP) is 0.352. The molecule has 1 atom stereocenters. The molecule has 1 rings (SSSR count). The number of benzene rings is 1. The van der Waals surface area contributed by atoms with Gasteiger partial charge in [0, 0.05) is 18.8 Å². The molecule has 0 aromatic heterocycles.